The van der Waals surface area contributed by atoms with Crippen LogP contribution < -0.4 is 4.90 Å². The molecule has 4 rings (SSSR count). The Bertz CT molecular complexity index is 758. The molecule has 0 radical (unpaired) electrons. The van der Waals surface area contributed by atoms with Crippen LogP contribution in [0.25, 0.3) is 0 Å². The van der Waals surface area contributed by atoms with Crippen molar-refractivity contribution in [3.05, 3.63) is 46.7 Å². The summed E-state index contributed by atoms with van der Waals surface area (Å²) >= 11 is 6.34. The summed E-state index contributed by atoms with van der Waals surface area (Å²) in [5.74, 6) is 0. The Kier molecular flexibility index (Phi) is 5.18. The molecule has 0 unspecified atom stereocenters. The predicted octanol–water partition coefficient (Wildman–Crippen LogP) is 2.05. The molecule has 1 aromatic heterocycles. The number of piperidine rings is 1. The van der Waals surface area contributed by atoms with E-state index in [2.05, 4.69) is 21.0 Å². The van der Waals surface area contributed by atoms with Crippen LogP contribution in [-0.4, -0.2) is 57.2 Å². The molecule has 26 heavy (non-hydrogen) atoms. The molecule has 0 aliphatic carbocycles. The number of para-hydroxylation sites is 1. The van der Waals surface area contributed by atoms with E-state index in [4.69, 9.17) is 16.7 Å². The van der Waals surface area contributed by atoms with Gasteiger partial charge in [0, 0.05) is 32.2 Å². The molecule has 1 fully saturated rings. The monoisotopic (exact) mass is 376 g/mol. The Morgan fingerprint density at radius 1 is 1.15 bits per heavy atom. The fourth-order valence-electron chi connectivity index (χ4n) is 4.06. The summed E-state index contributed by atoms with van der Waals surface area (Å²) in [7, 11) is 0. The molecule has 7 heteroatoms. The van der Waals surface area contributed by atoms with E-state index in [9.17, 15) is 5.11 Å². The van der Waals surface area contributed by atoms with Crippen molar-refractivity contribution in [3.63, 3.8) is 0 Å². The van der Waals surface area contributed by atoms with E-state index in [1.165, 1.54) is 0 Å². The molecule has 6 nitrogen and oxygen atoms in total. The summed E-state index contributed by atoms with van der Waals surface area (Å²) in [6, 6.07) is 10.5. The zero-order chi connectivity index (χ0) is 18.1. The van der Waals surface area contributed by atoms with Crippen LogP contribution in [-0.2, 0) is 13.1 Å². The zero-order valence-corrected chi connectivity index (χ0v) is 15.5. The molecule has 0 amide bonds. The number of aliphatic hydroxyl groups excluding tert-OH is 2. The van der Waals surface area contributed by atoms with E-state index in [1.807, 2.05) is 28.9 Å². The van der Waals surface area contributed by atoms with Crippen molar-refractivity contribution < 1.29 is 10.2 Å². The third-order valence-corrected chi connectivity index (χ3v) is 5.85. The fraction of sp³-hybridized carbons (Fsp3) is 0.526. The van der Waals surface area contributed by atoms with Crippen LogP contribution in [0.1, 0.15) is 30.3 Å². The van der Waals surface area contributed by atoms with Crippen molar-refractivity contribution in [3.8, 4) is 0 Å². The van der Waals surface area contributed by atoms with Crippen LogP contribution in [0.4, 0.5) is 5.69 Å². The number of rotatable bonds is 4. The number of anilines is 1. The molecular weight excluding hydrogens is 352 g/mol. The van der Waals surface area contributed by atoms with Gasteiger partial charge in [0.2, 0.25) is 0 Å². The zero-order valence-electron chi connectivity index (χ0n) is 14.8. The molecule has 2 aliphatic heterocycles. The average molecular weight is 377 g/mol. The first-order chi connectivity index (χ1) is 12.7. The highest BCUT2D eigenvalue weighted by atomic mass is 35.5. The average Bonchev–Trinajstić information content (AvgIpc) is 3.11. The lowest BCUT2D eigenvalue weighted by molar-refractivity contribution is 0.0912. The summed E-state index contributed by atoms with van der Waals surface area (Å²) in [6.07, 6.45) is 1.34. The fourth-order valence-corrected chi connectivity index (χ4v) is 4.31. The quantitative estimate of drug-likeness (QED) is 0.855. The van der Waals surface area contributed by atoms with Crippen LogP contribution in [0.2, 0.25) is 5.02 Å². The first-order valence-electron chi connectivity index (χ1n) is 9.25. The maximum Gasteiger partial charge on any atom is 0.121 e. The summed E-state index contributed by atoms with van der Waals surface area (Å²) in [6.45, 7) is 4.39. The normalized spacial score (nSPS) is 20.2. The van der Waals surface area contributed by atoms with Crippen LogP contribution in [0.15, 0.2) is 30.3 Å². The minimum Gasteiger partial charge on any atom is -0.393 e. The van der Waals surface area contributed by atoms with E-state index in [-0.39, 0.29) is 6.61 Å². The van der Waals surface area contributed by atoms with Gasteiger partial charge in [-0.1, -0.05) is 23.7 Å². The number of benzene rings is 1. The lowest BCUT2D eigenvalue weighted by Crippen LogP contribution is -2.47. The standard InChI is InChI=1S/C19H25ClN4O2/c20-16-3-1-2-4-18(16)22-7-5-14(6-8-22)23-9-10-24-15(12-23)11-17(21-24)19(26)13-25/h1-4,11,14,19,25-26H,5-10,12-13H2/t19-/m0/s1. The van der Waals surface area contributed by atoms with Gasteiger partial charge in [-0.15, -0.1) is 0 Å². The highest BCUT2D eigenvalue weighted by Crippen LogP contribution is 2.30. The number of hydrogen-bond acceptors (Lipinski definition) is 5. The van der Waals surface area contributed by atoms with Gasteiger partial charge in [0.1, 0.15) is 6.10 Å². The van der Waals surface area contributed by atoms with E-state index >= 15 is 0 Å². The first-order valence-corrected chi connectivity index (χ1v) is 9.62. The van der Waals surface area contributed by atoms with Gasteiger partial charge in [-0.2, -0.15) is 5.10 Å². The second-order valence-electron chi connectivity index (χ2n) is 7.12. The van der Waals surface area contributed by atoms with Gasteiger partial charge < -0.3 is 15.1 Å². The van der Waals surface area contributed by atoms with E-state index < -0.39 is 6.10 Å². The maximum absolute atomic E-state index is 9.80. The Balaban J connectivity index is 1.38. The smallest absolute Gasteiger partial charge is 0.121 e. The molecule has 0 spiro atoms. The second-order valence-corrected chi connectivity index (χ2v) is 7.53. The molecule has 1 saturated heterocycles. The number of aliphatic hydroxyl groups is 2. The first kappa shape index (κ1) is 17.8. The van der Waals surface area contributed by atoms with E-state index in [1.54, 1.807) is 0 Å². The third kappa shape index (κ3) is 3.47. The molecule has 140 valence electrons. The Labute approximate surface area is 158 Å². The Hall–Kier alpha value is -1.60. The van der Waals surface area contributed by atoms with Crippen LogP contribution >= 0.6 is 11.6 Å². The number of fused-ring (bicyclic) bond motifs is 1. The molecular formula is C19H25ClN4O2. The molecule has 2 aliphatic rings. The van der Waals surface area contributed by atoms with Gasteiger partial charge in [0.25, 0.3) is 0 Å². The van der Waals surface area contributed by atoms with Crippen molar-refractivity contribution >= 4 is 17.3 Å². The van der Waals surface area contributed by atoms with Crippen LogP contribution in [0.3, 0.4) is 0 Å². The highest BCUT2D eigenvalue weighted by Gasteiger charge is 2.29. The topological polar surface area (TPSA) is 64.8 Å². The van der Waals surface area contributed by atoms with Gasteiger partial charge in [-0.3, -0.25) is 9.58 Å². The molecule has 2 aromatic rings. The van der Waals surface area contributed by atoms with Crippen molar-refractivity contribution in [2.45, 2.75) is 38.1 Å². The van der Waals surface area contributed by atoms with Crippen LogP contribution in [0.5, 0.6) is 0 Å². The largest absolute Gasteiger partial charge is 0.393 e. The number of hydrogen-bond donors (Lipinski definition) is 2. The lowest BCUT2D eigenvalue weighted by Gasteiger charge is -2.41. The predicted molar refractivity (Wildman–Crippen MR) is 101 cm³/mol. The number of halogens is 1. The molecule has 0 bridgehead atoms. The summed E-state index contributed by atoms with van der Waals surface area (Å²) in [5.41, 5.74) is 2.82. The number of nitrogens with zero attached hydrogens (tertiary/aromatic N) is 4. The summed E-state index contributed by atoms with van der Waals surface area (Å²) in [5, 5.41) is 24.2. The van der Waals surface area contributed by atoms with Gasteiger partial charge in [-0.25, -0.2) is 0 Å². The van der Waals surface area contributed by atoms with Crippen molar-refractivity contribution in [2.75, 3.05) is 31.1 Å². The van der Waals surface area contributed by atoms with Gasteiger partial charge >= 0.3 is 0 Å². The molecule has 1 aromatic carbocycles. The van der Waals surface area contributed by atoms with Gasteiger partial charge in [-0.05, 0) is 31.0 Å². The summed E-state index contributed by atoms with van der Waals surface area (Å²) < 4.78 is 1.96. The van der Waals surface area contributed by atoms with Crippen LogP contribution in [0, 0.1) is 0 Å². The Morgan fingerprint density at radius 2 is 1.92 bits per heavy atom. The summed E-state index contributed by atoms with van der Waals surface area (Å²) in [4.78, 5) is 4.90. The molecule has 3 heterocycles. The van der Waals surface area contributed by atoms with Gasteiger partial charge in [0.05, 0.1) is 35.2 Å². The molecule has 0 saturated carbocycles. The lowest BCUT2D eigenvalue weighted by atomic mass is 10.0. The maximum atomic E-state index is 9.80. The van der Waals surface area contributed by atoms with Gasteiger partial charge in [0.15, 0.2) is 0 Å². The van der Waals surface area contributed by atoms with Crippen molar-refractivity contribution in [1.29, 1.82) is 0 Å². The minimum atomic E-state index is -0.889. The molecule has 1 atom stereocenters. The van der Waals surface area contributed by atoms with E-state index in [0.29, 0.717) is 11.7 Å². The van der Waals surface area contributed by atoms with Crippen molar-refractivity contribution in [1.82, 2.24) is 14.7 Å². The Morgan fingerprint density at radius 3 is 2.65 bits per heavy atom. The highest BCUT2D eigenvalue weighted by molar-refractivity contribution is 6.33. The second kappa shape index (κ2) is 7.56. The van der Waals surface area contributed by atoms with E-state index in [0.717, 1.165) is 62.0 Å². The number of aromatic nitrogens is 2. The minimum absolute atomic E-state index is 0.291. The SMILES string of the molecule is OC[C@H](O)c1cc2n(n1)CCN(C1CCN(c3ccccc3Cl)CC1)C2. The third-order valence-electron chi connectivity index (χ3n) is 5.53. The van der Waals surface area contributed by atoms with Crippen molar-refractivity contribution in [2.24, 2.45) is 0 Å². The molecule has 2 N–H and O–H groups in total.